The van der Waals surface area contributed by atoms with E-state index in [1.54, 1.807) is 5.38 Å². The number of alkyl halides is 3. The number of ether oxygens (including phenoxy) is 1. The van der Waals surface area contributed by atoms with Crippen molar-refractivity contribution < 1.29 is 37.0 Å². The van der Waals surface area contributed by atoms with Crippen molar-refractivity contribution in [3.05, 3.63) is 35.2 Å². The fraction of sp³-hybridized carbons (Fsp3) is 0.429. The minimum atomic E-state index is -4.92. The van der Waals surface area contributed by atoms with E-state index in [-0.39, 0.29) is 29.6 Å². The van der Waals surface area contributed by atoms with Crippen molar-refractivity contribution in [3.8, 4) is 10.6 Å². The van der Waals surface area contributed by atoms with Gasteiger partial charge in [-0.15, -0.1) is 11.3 Å². The number of amides is 1. The molecular weight excluding hydrogens is 477 g/mol. The molecule has 1 aromatic carbocycles. The van der Waals surface area contributed by atoms with Gasteiger partial charge in [0, 0.05) is 43.2 Å². The normalized spacial score (nSPS) is 23.3. The molecule has 3 aromatic rings. The third kappa shape index (κ3) is 3.50. The Morgan fingerprint density at radius 1 is 1.41 bits per heavy atom. The van der Waals surface area contributed by atoms with Crippen LogP contribution in [-0.2, 0) is 15.1 Å². The monoisotopic (exact) mass is 495 g/mol. The first kappa shape index (κ1) is 22.6. The van der Waals surface area contributed by atoms with Crippen molar-refractivity contribution in [2.75, 3.05) is 13.1 Å². The smallest absolute Gasteiger partial charge is 0.429 e. The summed E-state index contributed by atoms with van der Waals surface area (Å²) in [6.07, 6.45) is -6.48. The molecule has 9 nitrogen and oxygen atoms in total. The van der Waals surface area contributed by atoms with Gasteiger partial charge in [-0.3, -0.25) is 4.79 Å². The fourth-order valence-electron chi connectivity index (χ4n) is 4.86. The number of fused-ring (bicyclic) bond motifs is 3. The first-order chi connectivity index (χ1) is 16.1. The molecule has 180 valence electrons. The Morgan fingerprint density at radius 2 is 2.21 bits per heavy atom. The molecule has 2 bridgehead atoms. The standard InChI is InChI=1S/C21H19F3N4O5S/c1-10(29)32-16(21(22,23)24)12-2-3-13(17-26-6-7-34-17)15-14(12)27-18(33-15)20-5-4-11(8-25-9-20)28(20)19(30)31/h2-3,6-7,11,16,25H,4-5,8-9H2,1H3,(H,30,31)/p-1. The predicted octanol–water partition coefficient (Wildman–Crippen LogP) is 2.72. The number of thiazole rings is 1. The Hall–Kier alpha value is -3.19. The van der Waals surface area contributed by atoms with Crippen LogP contribution in [0.3, 0.4) is 0 Å². The van der Waals surface area contributed by atoms with Gasteiger partial charge in [-0.2, -0.15) is 13.2 Å². The summed E-state index contributed by atoms with van der Waals surface area (Å²) in [6.45, 7) is 1.48. The summed E-state index contributed by atoms with van der Waals surface area (Å²) in [5.74, 6) is -1.16. The van der Waals surface area contributed by atoms with E-state index < -0.39 is 35.4 Å². The highest BCUT2D eigenvalue weighted by Crippen LogP contribution is 2.47. The molecule has 0 aliphatic carbocycles. The molecule has 4 heterocycles. The highest BCUT2D eigenvalue weighted by molar-refractivity contribution is 7.13. The van der Waals surface area contributed by atoms with Crippen molar-refractivity contribution in [1.82, 2.24) is 20.2 Å². The molecule has 3 atom stereocenters. The molecule has 5 rings (SSSR count). The highest BCUT2D eigenvalue weighted by Gasteiger charge is 2.54. The van der Waals surface area contributed by atoms with Gasteiger partial charge in [0.25, 0.3) is 0 Å². The lowest BCUT2D eigenvalue weighted by atomic mass is 9.95. The van der Waals surface area contributed by atoms with Crippen LogP contribution in [0.25, 0.3) is 21.7 Å². The number of hydrogen-bond acceptors (Lipinski definition) is 9. The predicted molar refractivity (Wildman–Crippen MR) is 110 cm³/mol. The van der Waals surface area contributed by atoms with Crippen molar-refractivity contribution in [1.29, 1.82) is 0 Å². The third-order valence-corrected chi connectivity index (χ3v) is 7.02. The van der Waals surface area contributed by atoms with Gasteiger partial charge in [-0.25, -0.2) is 9.97 Å². The van der Waals surface area contributed by atoms with Crippen molar-refractivity contribution in [2.24, 2.45) is 0 Å². The molecule has 2 fully saturated rings. The second kappa shape index (κ2) is 7.94. The Morgan fingerprint density at radius 3 is 2.85 bits per heavy atom. The molecule has 0 radical (unpaired) electrons. The summed E-state index contributed by atoms with van der Waals surface area (Å²) in [7, 11) is 0. The molecule has 3 unspecified atom stereocenters. The van der Waals surface area contributed by atoms with Gasteiger partial charge in [0.2, 0.25) is 12.0 Å². The maximum Gasteiger partial charge on any atom is 0.429 e. The number of esters is 1. The Bertz CT molecular complexity index is 1260. The van der Waals surface area contributed by atoms with E-state index in [0.29, 0.717) is 30.0 Å². The largest absolute Gasteiger partial charge is 0.530 e. The first-order valence-corrected chi connectivity index (χ1v) is 11.3. The first-order valence-electron chi connectivity index (χ1n) is 10.4. The van der Waals surface area contributed by atoms with Crippen LogP contribution in [0.4, 0.5) is 18.0 Å². The number of nitrogens with one attached hydrogen (secondary N) is 1. The number of halogens is 3. The molecule has 1 amide bonds. The summed E-state index contributed by atoms with van der Waals surface area (Å²) < 4.78 is 52.4. The second-order valence-corrected chi connectivity index (χ2v) is 9.15. The number of piperazine rings is 1. The number of nitrogens with zero attached hydrogens (tertiary/aromatic N) is 3. The lowest BCUT2D eigenvalue weighted by molar-refractivity contribution is -0.274. The number of aromatic nitrogens is 2. The highest BCUT2D eigenvalue weighted by atomic mass is 32.1. The van der Waals surface area contributed by atoms with Gasteiger partial charge >= 0.3 is 12.1 Å². The Labute approximate surface area is 194 Å². The lowest BCUT2D eigenvalue weighted by Crippen LogP contribution is -2.63. The molecular formula is C21H18F3N4O5S-. The molecule has 2 aliphatic heterocycles. The van der Waals surface area contributed by atoms with Gasteiger partial charge < -0.3 is 29.3 Å². The minimum Gasteiger partial charge on any atom is -0.530 e. The second-order valence-electron chi connectivity index (χ2n) is 8.26. The van der Waals surface area contributed by atoms with E-state index in [4.69, 9.17) is 4.42 Å². The topological polar surface area (TPSA) is 121 Å². The van der Waals surface area contributed by atoms with Crippen molar-refractivity contribution in [3.63, 3.8) is 0 Å². The molecule has 2 aliphatic rings. The van der Waals surface area contributed by atoms with Crippen LogP contribution in [0.2, 0.25) is 0 Å². The minimum absolute atomic E-state index is 0.00514. The quantitative estimate of drug-likeness (QED) is 0.549. The van der Waals surface area contributed by atoms with E-state index in [9.17, 15) is 27.9 Å². The van der Waals surface area contributed by atoms with E-state index in [1.807, 2.05) is 0 Å². The number of benzene rings is 1. The number of rotatable bonds is 4. The van der Waals surface area contributed by atoms with Gasteiger partial charge in [0.05, 0.1) is 5.56 Å². The van der Waals surface area contributed by atoms with Crippen LogP contribution in [-0.4, -0.2) is 52.2 Å². The molecule has 2 saturated heterocycles. The zero-order valence-electron chi connectivity index (χ0n) is 17.7. The molecule has 34 heavy (non-hydrogen) atoms. The Balaban J connectivity index is 1.75. The van der Waals surface area contributed by atoms with Crippen LogP contribution in [0.1, 0.15) is 37.3 Å². The van der Waals surface area contributed by atoms with Gasteiger partial charge in [0.15, 0.2) is 5.58 Å². The molecule has 0 spiro atoms. The summed E-state index contributed by atoms with van der Waals surface area (Å²) in [6, 6.07) is 2.21. The fourth-order valence-corrected chi connectivity index (χ4v) is 5.52. The van der Waals surface area contributed by atoms with Crippen molar-refractivity contribution >= 4 is 34.5 Å². The van der Waals surface area contributed by atoms with E-state index in [0.717, 1.165) is 6.92 Å². The number of oxazole rings is 1. The van der Waals surface area contributed by atoms with Crippen LogP contribution in [0, 0.1) is 0 Å². The molecule has 1 N–H and O–H groups in total. The van der Waals surface area contributed by atoms with Crippen LogP contribution < -0.4 is 10.4 Å². The number of carbonyl (C=O) groups is 2. The lowest BCUT2D eigenvalue weighted by Gasteiger charge is -2.44. The SMILES string of the molecule is CC(=O)OC(c1ccc(-c2nccs2)c2oc(C34CCC(CNC3)N4C(=O)[O-])nc12)C(F)(F)F. The molecule has 2 aromatic heterocycles. The maximum atomic E-state index is 13.9. The zero-order valence-corrected chi connectivity index (χ0v) is 18.5. The van der Waals surface area contributed by atoms with Crippen molar-refractivity contribution in [2.45, 2.75) is 43.6 Å². The Kier molecular flexibility index (Phi) is 5.28. The van der Waals surface area contributed by atoms with E-state index in [1.165, 1.54) is 34.6 Å². The maximum absolute atomic E-state index is 13.9. The average Bonchev–Trinajstić information content (AvgIpc) is 3.48. The molecule has 0 saturated carbocycles. The number of carbonyl (C=O) groups excluding carboxylic acids is 2. The average molecular weight is 495 g/mol. The summed E-state index contributed by atoms with van der Waals surface area (Å²) >= 11 is 1.25. The number of hydrogen-bond donors (Lipinski definition) is 1. The zero-order chi connectivity index (χ0) is 24.3. The summed E-state index contributed by atoms with van der Waals surface area (Å²) in [5.41, 5.74) is -1.42. The molecule has 13 heteroatoms. The number of carboxylic acid groups (broad SMARTS) is 1. The summed E-state index contributed by atoms with van der Waals surface area (Å²) in [4.78, 5) is 33.3. The van der Waals surface area contributed by atoms with E-state index >= 15 is 0 Å². The van der Waals surface area contributed by atoms with E-state index in [2.05, 4.69) is 20.0 Å². The van der Waals surface area contributed by atoms with Gasteiger partial charge in [0.1, 0.15) is 22.2 Å². The van der Waals surface area contributed by atoms with Gasteiger partial charge in [-0.05, 0) is 18.9 Å². The summed E-state index contributed by atoms with van der Waals surface area (Å²) in [5, 5.41) is 17.3. The van der Waals surface area contributed by atoms with Crippen LogP contribution >= 0.6 is 11.3 Å². The van der Waals surface area contributed by atoms with Crippen LogP contribution in [0.5, 0.6) is 0 Å². The van der Waals surface area contributed by atoms with Gasteiger partial charge in [-0.1, -0.05) is 6.07 Å². The third-order valence-electron chi connectivity index (χ3n) is 6.21. The van der Waals surface area contributed by atoms with Crippen LogP contribution in [0.15, 0.2) is 28.1 Å².